The molecule has 1 aliphatic heterocycles. The highest BCUT2D eigenvalue weighted by molar-refractivity contribution is 6.33. The normalized spacial score (nSPS) is 16.2. The number of hydrogen-bond acceptors (Lipinski definition) is 5. The molecule has 6 rings (SSSR count). The maximum atomic E-state index is 6.58. The molecule has 2 aromatic heterocycles. The Morgan fingerprint density at radius 2 is 1.95 bits per heavy atom. The molecule has 37 heavy (non-hydrogen) atoms. The molecule has 3 heterocycles. The molecule has 0 unspecified atom stereocenters. The number of hydrogen-bond donors (Lipinski definition) is 2. The van der Waals surface area contributed by atoms with Gasteiger partial charge in [0, 0.05) is 42.5 Å². The molecule has 1 atom stereocenters. The summed E-state index contributed by atoms with van der Waals surface area (Å²) in [6, 6.07) is 24.6. The Kier molecular flexibility index (Phi) is 6.62. The number of aromatic nitrogens is 3. The number of morpholine rings is 1. The fraction of sp³-hybridized carbons (Fsp3) is 0.200. The minimum atomic E-state index is 0.282. The van der Waals surface area contributed by atoms with Crippen LogP contribution in [0, 0.1) is 0 Å². The Morgan fingerprint density at radius 3 is 2.81 bits per heavy atom. The summed E-state index contributed by atoms with van der Waals surface area (Å²) in [4.78, 5) is 15.1. The van der Waals surface area contributed by atoms with E-state index < -0.39 is 0 Å². The van der Waals surface area contributed by atoms with Crippen LogP contribution in [0.15, 0.2) is 85.2 Å². The number of pyridine rings is 1. The molecule has 0 saturated carbocycles. The Balaban J connectivity index is 1.25. The van der Waals surface area contributed by atoms with Crippen LogP contribution >= 0.6 is 11.6 Å². The van der Waals surface area contributed by atoms with E-state index >= 15 is 0 Å². The van der Waals surface area contributed by atoms with Gasteiger partial charge in [0.1, 0.15) is 11.6 Å². The molecule has 5 aromatic rings. The van der Waals surface area contributed by atoms with Crippen molar-refractivity contribution in [2.45, 2.75) is 19.6 Å². The zero-order valence-electron chi connectivity index (χ0n) is 20.6. The molecule has 1 fully saturated rings. The van der Waals surface area contributed by atoms with Gasteiger partial charge in [0.2, 0.25) is 0 Å². The van der Waals surface area contributed by atoms with Crippen LogP contribution in [0.4, 0.5) is 11.5 Å². The van der Waals surface area contributed by atoms with Crippen LogP contribution < -0.4 is 5.32 Å². The predicted molar refractivity (Wildman–Crippen MR) is 150 cm³/mol. The number of benzene rings is 3. The van der Waals surface area contributed by atoms with Crippen molar-refractivity contribution in [1.82, 2.24) is 19.9 Å². The van der Waals surface area contributed by atoms with Gasteiger partial charge in [-0.1, -0.05) is 54.1 Å². The van der Waals surface area contributed by atoms with E-state index in [4.69, 9.17) is 16.3 Å². The number of ether oxygens (including phenoxy) is 1. The third-order valence-corrected chi connectivity index (χ3v) is 7.03. The van der Waals surface area contributed by atoms with Crippen molar-refractivity contribution >= 4 is 33.9 Å². The highest BCUT2D eigenvalue weighted by Gasteiger charge is 2.17. The molecule has 0 bridgehead atoms. The standard InChI is InChI=1S/C30H28ClN5O/c1-20-18-36(13-14-37-20)19-21-7-9-25-23(15-21)11-12-32-29(25)34-24-8-10-27(31)26(16-24)30-33-17-28(35-30)22-5-3-2-4-6-22/h2-12,15-17,20H,13-14,18-19H2,1H3,(H,32,34)(H,33,35)/t20-/m1/s1. The van der Waals surface area contributed by atoms with E-state index in [9.17, 15) is 0 Å². The fourth-order valence-corrected chi connectivity index (χ4v) is 5.07. The molecule has 1 saturated heterocycles. The van der Waals surface area contributed by atoms with Gasteiger partial charge in [0.05, 0.1) is 29.6 Å². The van der Waals surface area contributed by atoms with Crippen LogP contribution in [0.1, 0.15) is 12.5 Å². The van der Waals surface area contributed by atoms with Crippen LogP contribution in [0.2, 0.25) is 5.02 Å². The third kappa shape index (κ3) is 5.23. The highest BCUT2D eigenvalue weighted by Crippen LogP contribution is 2.32. The summed E-state index contributed by atoms with van der Waals surface area (Å²) in [6.45, 7) is 5.77. The zero-order chi connectivity index (χ0) is 25.2. The van der Waals surface area contributed by atoms with Crippen molar-refractivity contribution in [2.24, 2.45) is 0 Å². The number of nitrogens with one attached hydrogen (secondary N) is 2. The minimum Gasteiger partial charge on any atom is -0.376 e. The lowest BCUT2D eigenvalue weighted by molar-refractivity contribution is -0.0211. The average Bonchev–Trinajstić information content (AvgIpc) is 3.41. The number of imidazole rings is 1. The van der Waals surface area contributed by atoms with Crippen LogP contribution in [-0.2, 0) is 11.3 Å². The van der Waals surface area contributed by atoms with Crippen molar-refractivity contribution in [3.63, 3.8) is 0 Å². The SMILES string of the molecule is C[C@@H]1CN(Cc2ccc3c(Nc4ccc(Cl)c(-c5ncc(-c6ccccc6)[nH]5)c4)nccc3c2)CCO1. The van der Waals surface area contributed by atoms with Gasteiger partial charge in [0.25, 0.3) is 0 Å². The van der Waals surface area contributed by atoms with Gasteiger partial charge in [0.15, 0.2) is 0 Å². The van der Waals surface area contributed by atoms with E-state index in [1.165, 1.54) is 5.56 Å². The summed E-state index contributed by atoms with van der Waals surface area (Å²) in [6.07, 6.45) is 3.97. The van der Waals surface area contributed by atoms with Gasteiger partial charge in [-0.25, -0.2) is 9.97 Å². The molecular formula is C30H28ClN5O. The van der Waals surface area contributed by atoms with E-state index in [1.807, 2.05) is 48.8 Å². The van der Waals surface area contributed by atoms with Gasteiger partial charge in [-0.2, -0.15) is 0 Å². The molecule has 6 nitrogen and oxygen atoms in total. The van der Waals surface area contributed by atoms with Gasteiger partial charge < -0.3 is 15.0 Å². The van der Waals surface area contributed by atoms with E-state index in [-0.39, 0.29) is 6.10 Å². The third-order valence-electron chi connectivity index (χ3n) is 6.71. The maximum Gasteiger partial charge on any atom is 0.139 e. The molecule has 0 aliphatic carbocycles. The van der Waals surface area contributed by atoms with Crippen LogP contribution in [0.25, 0.3) is 33.4 Å². The molecule has 3 aromatic carbocycles. The first kappa shape index (κ1) is 23.7. The Bertz CT molecular complexity index is 1530. The van der Waals surface area contributed by atoms with E-state index in [1.54, 1.807) is 0 Å². The van der Waals surface area contributed by atoms with Crippen LogP contribution in [-0.4, -0.2) is 45.7 Å². The fourth-order valence-electron chi connectivity index (χ4n) is 4.86. The number of H-pyrrole nitrogens is 1. The monoisotopic (exact) mass is 509 g/mol. The average molecular weight is 510 g/mol. The van der Waals surface area contributed by atoms with Crippen molar-refractivity contribution < 1.29 is 4.74 Å². The second-order valence-electron chi connectivity index (χ2n) is 9.46. The van der Waals surface area contributed by atoms with Crippen LogP contribution in [0.5, 0.6) is 0 Å². The van der Waals surface area contributed by atoms with Gasteiger partial charge >= 0.3 is 0 Å². The first-order valence-corrected chi connectivity index (χ1v) is 12.9. The van der Waals surface area contributed by atoms with Crippen molar-refractivity contribution in [3.05, 3.63) is 95.8 Å². The quantitative estimate of drug-likeness (QED) is 0.260. The predicted octanol–water partition coefficient (Wildman–Crippen LogP) is 6.91. The molecule has 0 amide bonds. The number of rotatable bonds is 6. The van der Waals surface area contributed by atoms with Gasteiger partial charge in [-0.3, -0.25) is 4.90 Å². The number of halogens is 1. The van der Waals surface area contributed by atoms with Crippen molar-refractivity contribution in [1.29, 1.82) is 0 Å². The zero-order valence-corrected chi connectivity index (χ0v) is 21.4. The van der Waals surface area contributed by atoms with Gasteiger partial charge in [-0.15, -0.1) is 0 Å². The smallest absolute Gasteiger partial charge is 0.139 e. The first-order valence-electron chi connectivity index (χ1n) is 12.5. The van der Waals surface area contributed by atoms with E-state index in [0.29, 0.717) is 5.02 Å². The largest absolute Gasteiger partial charge is 0.376 e. The molecule has 2 N–H and O–H groups in total. The lowest BCUT2D eigenvalue weighted by Crippen LogP contribution is -2.40. The second kappa shape index (κ2) is 10.3. The van der Waals surface area contributed by atoms with E-state index in [0.717, 1.165) is 71.2 Å². The lowest BCUT2D eigenvalue weighted by Gasteiger charge is -2.31. The summed E-state index contributed by atoms with van der Waals surface area (Å²) in [5.74, 6) is 1.53. The van der Waals surface area contributed by atoms with Crippen molar-refractivity contribution in [2.75, 3.05) is 25.0 Å². The minimum absolute atomic E-state index is 0.282. The highest BCUT2D eigenvalue weighted by atomic mass is 35.5. The summed E-state index contributed by atoms with van der Waals surface area (Å²) < 4.78 is 5.68. The molecule has 0 radical (unpaired) electrons. The number of anilines is 2. The molecule has 186 valence electrons. The second-order valence-corrected chi connectivity index (χ2v) is 9.87. The lowest BCUT2D eigenvalue weighted by atomic mass is 10.1. The Labute approximate surface area is 221 Å². The van der Waals surface area contributed by atoms with Gasteiger partial charge in [-0.05, 0) is 53.8 Å². The van der Waals surface area contributed by atoms with E-state index in [2.05, 4.69) is 68.5 Å². The summed E-state index contributed by atoms with van der Waals surface area (Å²) in [5.41, 5.74) is 5.04. The maximum absolute atomic E-state index is 6.58. The topological polar surface area (TPSA) is 66.1 Å². The summed E-state index contributed by atoms with van der Waals surface area (Å²) in [7, 11) is 0. The molecule has 7 heteroatoms. The summed E-state index contributed by atoms with van der Waals surface area (Å²) >= 11 is 6.58. The number of fused-ring (bicyclic) bond motifs is 1. The molecule has 1 aliphatic rings. The first-order chi connectivity index (χ1) is 18.1. The van der Waals surface area contributed by atoms with Crippen LogP contribution in [0.3, 0.4) is 0 Å². The molecule has 0 spiro atoms. The Morgan fingerprint density at radius 1 is 1.05 bits per heavy atom. The number of aromatic amines is 1. The molecular weight excluding hydrogens is 482 g/mol. The van der Waals surface area contributed by atoms with Crippen molar-refractivity contribution in [3.8, 4) is 22.6 Å². The Hall–Kier alpha value is -3.71. The summed E-state index contributed by atoms with van der Waals surface area (Å²) in [5, 5.41) is 6.35. The number of nitrogens with zero attached hydrogens (tertiary/aromatic N) is 3.